The van der Waals surface area contributed by atoms with Crippen LogP contribution in [0.25, 0.3) is 10.9 Å². The Labute approximate surface area is 171 Å². The second kappa shape index (κ2) is 8.00. The number of nitrogens with zero attached hydrogens (tertiary/aromatic N) is 2. The van der Waals surface area contributed by atoms with Crippen molar-refractivity contribution in [3.05, 3.63) is 54.2 Å². The molecule has 1 aliphatic heterocycles. The molecule has 0 N–H and O–H groups in total. The van der Waals surface area contributed by atoms with Crippen molar-refractivity contribution in [1.82, 2.24) is 4.98 Å². The summed E-state index contributed by atoms with van der Waals surface area (Å²) < 4.78 is 38.0. The van der Waals surface area contributed by atoms with E-state index in [1.165, 1.54) is 6.20 Å². The molecule has 6 nitrogen and oxygen atoms in total. The molecule has 1 aliphatic rings. The van der Waals surface area contributed by atoms with E-state index in [2.05, 4.69) is 9.88 Å². The van der Waals surface area contributed by atoms with Crippen LogP contribution in [-0.4, -0.2) is 46.8 Å². The standard InChI is InChI=1S/C22H24N2O4S/c1-3-16-4-7-18(8-5-16)29(25,26)21-15-23-20-9-6-17(27-2)14-19(20)22(21)24-10-12-28-13-11-24/h4-9,14-15H,3,10-13H2,1-2H3. The summed E-state index contributed by atoms with van der Waals surface area (Å²) in [5.74, 6) is 0.663. The van der Waals surface area contributed by atoms with Gasteiger partial charge in [0.05, 0.1) is 36.4 Å². The number of hydrogen-bond donors (Lipinski definition) is 0. The number of sulfone groups is 1. The number of fused-ring (bicyclic) bond motifs is 1. The summed E-state index contributed by atoms with van der Waals surface area (Å²) >= 11 is 0. The normalized spacial score (nSPS) is 14.9. The monoisotopic (exact) mass is 412 g/mol. The molecule has 1 aromatic heterocycles. The zero-order valence-electron chi connectivity index (χ0n) is 16.6. The number of pyridine rings is 1. The molecular weight excluding hydrogens is 388 g/mol. The lowest BCUT2D eigenvalue weighted by molar-refractivity contribution is 0.122. The minimum absolute atomic E-state index is 0.212. The molecule has 29 heavy (non-hydrogen) atoms. The molecule has 3 aromatic rings. The Bertz CT molecular complexity index is 1120. The Morgan fingerprint density at radius 3 is 2.48 bits per heavy atom. The molecule has 152 valence electrons. The van der Waals surface area contributed by atoms with Crippen LogP contribution in [0.2, 0.25) is 0 Å². The number of methoxy groups -OCH3 is 1. The molecule has 1 fully saturated rings. The van der Waals surface area contributed by atoms with Crippen LogP contribution in [0.5, 0.6) is 5.75 Å². The largest absolute Gasteiger partial charge is 0.497 e. The highest BCUT2D eigenvalue weighted by Gasteiger charge is 2.28. The van der Waals surface area contributed by atoms with Crippen LogP contribution < -0.4 is 9.64 Å². The first-order valence-corrected chi connectivity index (χ1v) is 11.2. The lowest BCUT2D eigenvalue weighted by Gasteiger charge is -2.31. The van der Waals surface area contributed by atoms with Gasteiger partial charge >= 0.3 is 0 Å². The molecule has 0 saturated carbocycles. The maximum atomic E-state index is 13.6. The van der Waals surface area contributed by atoms with Crippen LogP contribution in [0.4, 0.5) is 5.69 Å². The van der Waals surface area contributed by atoms with Crippen LogP contribution in [0.3, 0.4) is 0 Å². The van der Waals surface area contributed by atoms with E-state index >= 15 is 0 Å². The Morgan fingerprint density at radius 1 is 1.10 bits per heavy atom. The highest BCUT2D eigenvalue weighted by molar-refractivity contribution is 7.91. The van der Waals surface area contributed by atoms with E-state index in [4.69, 9.17) is 9.47 Å². The van der Waals surface area contributed by atoms with Crippen LogP contribution in [0.15, 0.2) is 58.5 Å². The van der Waals surface area contributed by atoms with Crippen LogP contribution in [-0.2, 0) is 21.0 Å². The number of aromatic nitrogens is 1. The number of anilines is 1. The van der Waals surface area contributed by atoms with E-state index in [9.17, 15) is 8.42 Å². The predicted octanol–water partition coefficient (Wildman–Crippen LogP) is 3.48. The number of hydrogen-bond acceptors (Lipinski definition) is 6. The Morgan fingerprint density at radius 2 is 1.83 bits per heavy atom. The van der Waals surface area contributed by atoms with E-state index < -0.39 is 9.84 Å². The molecule has 2 heterocycles. The smallest absolute Gasteiger partial charge is 0.210 e. The van der Waals surface area contributed by atoms with Crippen molar-refractivity contribution < 1.29 is 17.9 Å². The van der Waals surface area contributed by atoms with Crippen molar-refractivity contribution in [3.8, 4) is 5.75 Å². The van der Waals surface area contributed by atoms with Crippen molar-refractivity contribution in [3.63, 3.8) is 0 Å². The topological polar surface area (TPSA) is 68.7 Å². The van der Waals surface area contributed by atoms with Crippen LogP contribution >= 0.6 is 0 Å². The van der Waals surface area contributed by atoms with E-state index in [0.717, 1.165) is 22.9 Å². The number of morpholine rings is 1. The van der Waals surface area contributed by atoms with Gasteiger partial charge in [0.15, 0.2) is 0 Å². The van der Waals surface area contributed by atoms with Crippen molar-refractivity contribution in [1.29, 1.82) is 0 Å². The minimum atomic E-state index is -3.74. The molecule has 0 aliphatic carbocycles. The summed E-state index contributed by atoms with van der Waals surface area (Å²) in [6.45, 7) is 4.39. The molecule has 0 atom stereocenters. The van der Waals surface area contributed by atoms with E-state index in [1.807, 2.05) is 37.3 Å². The highest BCUT2D eigenvalue weighted by Crippen LogP contribution is 2.37. The second-order valence-corrected chi connectivity index (χ2v) is 8.87. The first kappa shape index (κ1) is 19.7. The summed E-state index contributed by atoms with van der Waals surface area (Å²) in [4.78, 5) is 7.00. The number of rotatable bonds is 5. The number of benzene rings is 2. The average Bonchev–Trinajstić information content (AvgIpc) is 2.78. The number of ether oxygens (including phenoxy) is 2. The molecule has 2 aromatic carbocycles. The van der Waals surface area contributed by atoms with Gasteiger partial charge in [-0.2, -0.15) is 0 Å². The third-order valence-corrected chi connectivity index (χ3v) is 7.04. The maximum Gasteiger partial charge on any atom is 0.210 e. The summed E-state index contributed by atoms with van der Waals surface area (Å²) in [7, 11) is -2.14. The van der Waals surface area contributed by atoms with E-state index in [-0.39, 0.29) is 9.79 Å². The van der Waals surface area contributed by atoms with Gasteiger partial charge in [0.25, 0.3) is 0 Å². The lowest BCUT2D eigenvalue weighted by Crippen LogP contribution is -2.37. The quantitative estimate of drug-likeness (QED) is 0.639. The van der Waals surface area contributed by atoms with Crippen molar-refractivity contribution in [2.75, 3.05) is 38.3 Å². The van der Waals surface area contributed by atoms with Gasteiger partial charge in [-0.05, 0) is 42.3 Å². The summed E-state index contributed by atoms with van der Waals surface area (Å²) in [5, 5.41) is 0.762. The second-order valence-electron chi connectivity index (χ2n) is 6.95. The predicted molar refractivity (Wildman–Crippen MR) is 113 cm³/mol. The van der Waals surface area contributed by atoms with Crippen molar-refractivity contribution in [2.45, 2.75) is 23.1 Å². The van der Waals surface area contributed by atoms with Gasteiger partial charge in [-0.15, -0.1) is 0 Å². The van der Waals surface area contributed by atoms with Gasteiger partial charge in [0.1, 0.15) is 10.6 Å². The molecular formula is C22H24N2O4S. The zero-order valence-corrected chi connectivity index (χ0v) is 17.4. The molecule has 0 amide bonds. The van der Waals surface area contributed by atoms with Gasteiger partial charge in [-0.25, -0.2) is 8.42 Å². The molecule has 0 bridgehead atoms. The fraction of sp³-hybridized carbons (Fsp3) is 0.318. The van der Waals surface area contributed by atoms with Gasteiger partial charge in [0.2, 0.25) is 9.84 Å². The molecule has 0 radical (unpaired) electrons. The van der Waals surface area contributed by atoms with Crippen molar-refractivity contribution >= 4 is 26.4 Å². The Hall–Kier alpha value is -2.64. The first-order valence-electron chi connectivity index (χ1n) is 9.68. The SMILES string of the molecule is CCc1ccc(S(=O)(=O)c2cnc3ccc(OC)cc3c2N2CCOCC2)cc1. The van der Waals surface area contributed by atoms with Gasteiger partial charge < -0.3 is 14.4 Å². The Kier molecular flexibility index (Phi) is 5.43. The molecule has 1 saturated heterocycles. The third-order valence-electron chi connectivity index (χ3n) is 5.27. The fourth-order valence-electron chi connectivity index (χ4n) is 3.61. The minimum Gasteiger partial charge on any atom is -0.497 e. The molecule has 0 spiro atoms. The maximum absolute atomic E-state index is 13.6. The summed E-state index contributed by atoms with van der Waals surface area (Å²) in [6.07, 6.45) is 2.33. The molecule has 4 rings (SSSR count). The van der Waals surface area contributed by atoms with Gasteiger partial charge in [0, 0.05) is 24.7 Å². The van der Waals surface area contributed by atoms with E-state index in [0.29, 0.717) is 37.7 Å². The lowest BCUT2D eigenvalue weighted by atomic mass is 10.1. The first-order chi connectivity index (χ1) is 14.0. The summed E-state index contributed by atoms with van der Waals surface area (Å²) in [5.41, 5.74) is 2.49. The number of aryl methyl sites for hydroxylation is 1. The van der Waals surface area contributed by atoms with Gasteiger partial charge in [-0.1, -0.05) is 19.1 Å². The van der Waals surface area contributed by atoms with Crippen LogP contribution in [0, 0.1) is 0 Å². The van der Waals surface area contributed by atoms with Gasteiger partial charge in [-0.3, -0.25) is 4.98 Å². The molecule has 0 unspecified atom stereocenters. The van der Waals surface area contributed by atoms with E-state index in [1.54, 1.807) is 19.2 Å². The fourth-order valence-corrected chi connectivity index (χ4v) is 5.04. The highest BCUT2D eigenvalue weighted by atomic mass is 32.2. The molecule has 7 heteroatoms. The average molecular weight is 413 g/mol. The third kappa shape index (κ3) is 3.68. The van der Waals surface area contributed by atoms with Crippen LogP contribution in [0.1, 0.15) is 12.5 Å². The summed E-state index contributed by atoms with van der Waals surface area (Å²) in [6, 6.07) is 12.6. The van der Waals surface area contributed by atoms with Crippen molar-refractivity contribution in [2.24, 2.45) is 0 Å². The zero-order chi connectivity index (χ0) is 20.4. The Balaban J connectivity index is 1.94.